The number of carbonyl (C=O) groups is 1. The number of aromatic nitrogens is 4. The van der Waals surface area contributed by atoms with Gasteiger partial charge in [0.2, 0.25) is 5.91 Å². The standard InChI is InChI=1S/C18H21N5O2S/c1-13-11-26-17-16(13)20-14-4-7-22(9-10-23(14)18(17)25)15(24)3-2-6-21-8-5-19-12-21/h5,8,11-12H,2-4,6-7,9-10H2,1H3. The first-order valence-corrected chi connectivity index (χ1v) is 9.72. The molecule has 4 rings (SSSR count). The predicted molar refractivity (Wildman–Crippen MR) is 100 cm³/mol. The van der Waals surface area contributed by atoms with Crippen molar-refractivity contribution in [2.45, 2.75) is 39.3 Å². The van der Waals surface area contributed by atoms with Crippen LogP contribution < -0.4 is 5.56 Å². The summed E-state index contributed by atoms with van der Waals surface area (Å²) >= 11 is 1.45. The first kappa shape index (κ1) is 17.0. The monoisotopic (exact) mass is 371 g/mol. The predicted octanol–water partition coefficient (Wildman–Crippen LogP) is 1.83. The van der Waals surface area contributed by atoms with E-state index < -0.39 is 0 Å². The summed E-state index contributed by atoms with van der Waals surface area (Å²) in [6.45, 7) is 4.46. The van der Waals surface area contributed by atoms with Crippen LogP contribution in [0.3, 0.4) is 0 Å². The molecule has 0 aromatic carbocycles. The molecule has 0 saturated carbocycles. The Morgan fingerprint density at radius 1 is 1.31 bits per heavy atom. The summed E-state index contributed by atoms with van der Waals surface area (Å²) in [6.07, 6.45) is 7.31. The Balaban J connectivity index is 1.44. The lowest BCUT2D eigenvalue weighted by molar-refractivity contribution is -0.131. The maximum Gasteiger partial charge on any atom is 0.271 e. The van der Waals surface area contributed by atoms with Gasteiger partial charge in [0.15, 0.2) is 0 Å². The summed E-state index contributed by atoms with van der Waals surface area (Å²) in [5.41, 5.74) is 1.88. The highest BCUT2D eigenvalue weighted by atomic mass is 32.1. The zero-order valence-corrected chi connectivity index (χ0v) is 15.5. The third-order valence-corrected chi connectivity index (χ3v) is 5.93. The minimum Gasteiger partial charge on any atom is -0.340 e. The molecular weight excluding hydrogens is 350 g/mol. The quantitative estimate of drug-likeness (QED) is 0.701. The molecule has 0 aliphatic carbocycles. The van der Waals surface area contributed by atoms with E-state index in [0.29, 0.717) is 37.2 Å². The van der Waals surface area contributed by atoms with Crippen LogP contribution in [0.25, 0.3) is 10.2 Å². The Bertz CT molecular complexity index is 989. The summed E-state index contributed by atoms with van der Waals surface area (Å²) in [5.74, 6) is 0.932. The second-order valence-corrected chi connectivity index (χ2v) is 7.50. The van der Waals surface area contributed by atoms with Crippen LogP contribution in [0.5, 0.6) is 0 Å². The molecule has 1 aliphatic heterocycles. The molecule has 4 heterocycles. The molecule has 0 spiro atoms. The molecule has 136 valence electrons. The second kappa shape index (κ2) is 7.03. The van der Waals surface area contributed by atoms with Crippen LogP contribution in [0.1, 0.15) is 24.2 Å². The summed E-state index contributed by atoms with van der Waals surface area (Å²) in [4.78, 5) is 35.9. The van der Waals surface area contributed by atoms with Gasteiger partial charge < -0.3 is 9.47 Å². The Hall–Kier alpha value is -2.48. The molecule has 0 unspecified atom stereocenters. The molecule has 1 amide bonds. The number of amides is 1. The molecule has 26 heavy (non-hydrogen) atoms. The van der Waals surface area contributed by atoms with Crippen molar-refractivity contribution < 1.29 is 4.79 Å². The Kier molecular flexibility index (Phi) is 4.58. The van der Waals surface area contributed by atoms with Gasteiger partial charge in [-0.1, -0.05) is 0 Å². The minimum atomic E-state index is 0.0255. The van der Waals surface area contributed by atoms with E-state index in [1.807, 2.05) is 28.0 Å². The number of imidazole rings is 1. The smallest absolute Gasteiger partial charge is 0.271 e. The lowest BCUT2D eigenvalue weighted by Crippen LogP contribution is -2.34. The summed E-state index contributed by atoms with van der Waals surface area (Å²) < 4.78 is 4.44. The highest BCUT2D eigenvalue weighted by Gasteiger charge is 2.21. The fraction of sp³-hybridized carbons (Fsp3) is 0.444. The number of rotatable bonds is 4. The van der Waals surface area contributed by atoms with Gasteiger partial charge in [-0.25, -0.2) is 9.97 Å². The molecule has 0 saturated heterocycles. The highest BCUT2D eigenvalue weighted by molar-refractivity contribution is 7.17. The van der Waals surface area contributed by atoms with Crippen molar-refractivity contribution in [1.82, 2.24) is 24.0 Å². The SMILES string of the molecule is Cc1csc2c(=O)n3c(nc12)CCN(C(=O)CCCn1ccnc1)CC3. The van der Waals surface area contributed by atoms with Crippen LogP contribution in [-0.2, 0) is 24.3 Å². The molecule has 0 atom stereocenters. The number of hydrogen-bond donors (Lipinski definition) is 0. The molecule has 0 fully saturated rings. The van der Waals surface area contributed by atoms with Crippen LogP contribution in [-0.4, -0.2) is 43.0 Å². The van der Waals surface area contributed by atoms with Crippen LogP contribution in [0, 0.1) is 6.92 Å². The zero-order valence-electron chi connectivity index (χ0n) is 14.7. The van der Waals surface area contributed by atoms with Crippen molar-refractivity contribution in [2.24, 2.45) is 0 Å². The molecular formula is C18H21N5O2S. The van der Waals surface area contributed by atoms with Crippen molar-refractivity contribution in [2.75, 3.05) is 13.1 Å². The van der Waals surface area contributed by atoms with Crippen LogP contribution in [0.4, 0.5) is 0 Å². The number of thiophene rings is 1. The van der Waals surface area contributed by atoms with Gasteiger partial charge in [0.05, 0.1) is 11.8 Å². The van der Waals surface area contributed by atoms with Crippen LogP contribution in [0.15, 0.2) is 28.9 Å². The maximum absolute atomic E-state index is 12.7. The van der Waals surface area contributed by atoms with Crippen molar-refractivity contribution in [3.63, 3.8) is 0 Å². The Morgan fingerprint density at radius 3 is 3.00 bits per heavy atom. The molecule has 0 radical (unpaired) electrons. The van der Waals surface area contributed by atoms with Gasteiger partial charge in [-0.2, -0.15) is 0 Å². The van der Waals surface area contributed by atoms with Gasteiger partial charge in [0.1, 0.15) is 10.5 Å². The number of nitrogens with zero attached hydrogens (tertiary/aromatic N) is 5. The van der Waals surface area contributed by atoms with Crippen LogP contribution >= 0.6 is 11.3 Å². The number of carbonyl (C=O) groups excluding carboxylic acids is 1. The number of aryl methyl sites for hydroxylation is 2. The van der Waals surface area contributed by atoms with E-state index in [1.165, 1.54) is 11.3 Å². The second-order valence-electron chi connectivity index (χ2n) is 6.62. The van der Waals surface area contributed by atoms with Crippen LogP contribution in [0.2, 0.25) is 0 Å². The van der Waals surface area contributed by atoms with E-state index in [4.69, 9.17) is 4.98 Å². The van der Waals surface area contributed by atoms with Gasteiger partial charge in [0.25, 0.3) is 5.56 Å². The topological polar surface area (TPSA) is 73.0 Å². The van der Waals surface area contributed by atoms with Gasteiger partial charge in [0, 0.05) is 51.4 Å². The third-order valence-electron chi connectivity index (χ3n) is 4.85. The van der Waals surface area contributed by atoms with Crippen molar-refractivity contribution >= 4 is 27.5 Å². The maximum atomic E-state index is 12.7. The van der Waals surface area contributed by atoms with E-state index in [0.717, 1.165) is 29.9 Å². The minimum absolute atomic E-state index is 0.0255. The third kappa shape index (κ3) is 3.16. The van der Waals surface area contributed by atoms with E-state index >= 15 is 0 Å². The highest BCUT2D eigenvalue weighted by Crippen LogP contribution is 2.21. The van der Waals surface area contributed by atoms with Crippen molar-refractivity contribution in [1.29, 1.82) is 0 Å². The molecule has 0 N–H and O–H groups in total. The Morgan fingerprint density at radius 2 is 2.19 bits per heavy atom. The Labute approximate surface area is 154 Å². The molecule has 8 heteroatoms. The van der Waals surface area contributed by atoms with Gasteiger partial charge in [-0.3, -0.25) is 14.2 Å². The first-order chi connectivity index (χ1) is 12.6. The van der Waals surface area contributed by atoms with Crippen molar-refractivity contribution in [3.8, 4) is 0 Å². The zero-order chi connectivity index (χ0) is 18.1. The molecule has 3 aromatic rings. The summed E-state index contributed by atoms with van der Waals surface area (Å²) in [6, 6.07) is 0. The largest absolute Gasteiger partial charge is 0.340 e. The molecule has 1 aliphatic rings. The first-order valence-electron chi connectivity index (χ1n) is 8.84. The fourth-order valence-corrected chi connectivity index (χ4v) is 4.32. The van der Waals surface area contributed by atoms with E-state index in [1.54, 1.807) is 17.1 Å². The lowest BCUT2D eigenvalue weighted by atomic mass is 10.2. The van der Waals surface area contributed by atoms with Crippen molar-refractivity contribution in [3.05, 3.63) is 45.8 Å². The number of hydrogen-bond acceptors (Lipinski definition) is 5. The van der Waals surface area contributed by atoms with Gasteiger partial charge in [-0.05, 0) is 24.3 Å². The van der Waals surface area contributed by atoms with E-state index in [-0.39, 0.29) is 11.5 Å². The molecule has 3 aromatic heterocycles. The molecule has 7 nitrogen and oxygen atoms in total. The average Bonchev–Trinajstić information content (AvgIpc) is 3.21. The summed E-state index contributed by atoms with van der Waals surface area (Å²) in [7, 11) is 0. The van der Waals surface area contributed by atoms with Gasteiger partial charge >= 0.3 is 0 Å². The normalized spacial score (nSPS) is 14.4. The van der Waals surface area contributed by atoms with E-state index in [9.17, 15) is 9.59 Å². The number of fused-ring (bicyclic) bond motifs is 2. The van der Waals surface area contributed by atoms with Gasteiger partial charge in [-0.15, -0.1) is 11.3 Å². The fourth-order valence-electron chi connectivity index (χ4n) is 3.39. The lowest BCUT2D eigenvalue weighted by Gasteiger charge is -2.19. The van der Waals surface area contributed by atoms with E-state index in [2.05, 4.69) is 4.98 Å². The summed E-state index contributed by atoms with van der Waals surface area (Å²) in [5, 5.41) is 1.98. The average molecular weight is 371 g/mol. The molecule has 0 bridgehead atoms.